The van der Waals surface area contributed by atoms with E-state index in [0.29, 0.717) is 0 Å². The Balaban J connectivity index is 3.12. The molecule has 1 atom stereocenters. The van der Waals surface area contributed by atoms with Crippen LogP contribution in [0.4, 0.5) is 0 Å². The summed E-state index contributed by atoms with van der Waals surface area (Å²) in [4.78, 5) is 11.5. The number of rotatable bonds is 4. The second kappa shape index (κ2) is 4.84. The second-order valence-electron chi connectivity index (χ2n) is 3.85. The molecule has 1 aromatic rings. The van der Waals surface area contributed by atoms with Gasteiger partial charge in [-0.1, -0.05) is 6.92 Å². The molecule has 1 unspecified atom stereocenters. The van der Waals surface area contributed by atoms with Crippen molar-refractivity contribution in [2.24, 2.45) is 5.14 Å². The first-order valence-corrected chi connectivity index (χ1v) is 6.70. The summed E-state index contributed by atoms with van der Waals surface area (Å²) in [5.74, 6) is -0.548. The van der Waals surface area contributed by atoms with Crippen molar-refractivity contribution in [3.05, 3.63) is 11.4 Å². The van der Waals surface area contributed by atoms with Gasteiger partial charge >= 0.3 is 0 Å². The van der Waals surface area contributed by atoms with Crippen molar-refractivity contribution in [3.63, 3.8) is 0 Å². The molecule has 1 aromatic heterocycles. The third-order valence-electron chi connectivity index (χ3n) is 2.38. The monoisotopic (exact) mass is 260 g/mol. The SMILES string of the molecule is CCC(C)NC(=O)c1n[nH]c(C)c1S(N)(=O)=O. The van der Waals surface area contributed by atoms with Crippen LogP contribution in [0.3, 0.4) is 0 Å². The van der Waals surface area contributed by atoms with E-state index in [0.717, 1.165) is 6.42 Å². The summed E-state index contributed by atoms with van der Waals surface area (Å²) in [6.45, 7) is 5.21. The van der Waals surface area contributed by atoms with Gasteiger partial charge in [0.05, 0.1) is 5.69 Å². The fraction of sp³-hybridized carbons (Fsp3) is 0.556. The van der Waals surface area contributed by atoms with Gasteiger partial charge in [0, 0.05) is 6.04 Å². The van der Waals surface area contributed by atoms with Crippen molar-refractivity contribution in [2.75, 3.05) is 0 Å². The highest BCUT2D eigenvalue weighted by Gasteiger charge is 2.25. The average molecular weight is 260 g/mol. The third kappa shape index (κ3) is 3.04. The van der Waals surface area contributed by atoms with Crippen LogP contribution in [0.1, 0.15) is 36.5 Å². The minimum Gasteiger partial charge on any atom is -0.348 e. The van der Waals surface area contributed by atoms with Crippen LogP contribution in [-0.2, 0) is 10.0 Å². The van der Waals surface area contributed by atoms with Crippen LogP contribution >= 0.6 is 0 Å². The van der Waals surface area contributed by atoms with Crippen LogP contribution in [0, 0.1) is 6.92 Å². The van der Waals surface area contributed by atoms with Crippen LogP contribution in [0.25, 0.3) is 0 Å². The summed E-state index contributed by atoms with van der Waals surface area (Å²) in [5.41, 5.74) is 0.0621. The van der Waals surface area contributed by atoms with E-state index in [9.17, 15) is 13.2 Å². The lowest BCUT2D eigenvalue weighted by atomic mass is 10.2. The Morgan fingerprint density at radius 2 is 2.18 bits per heavy atom. The molecule has 96 valence electrons. The van der Waals surface area contributed by atoms with Gasteiger partial charge in [-0.25, -0.2) is 13.6 Å². The molecule has 0 aliphatic rings. The number of aromatic nitrogens is 2. The Morgan fingerprint density at radius 3 is 2.65 bits per heavy atom. The maximum Gasteiger partial charge on any atom is 0.273 e. The molecule has 0 aromatic carbocycles. The van der Waals surface area contributed by atoms with Gasteiger partial charge < -0.3 is 5.32 Å². The summed E-state index contributed by atoms with van der Waals surface area (Å²) >= 11 is 0. The number of primary sulfonamides is 1. The van der Waals surface area contributed by atoms with Crippen LogP contribution in [0.5, 0.6) is 0 Å². The van der Waals surface area contributed by atoms with E-state index in [4.69, 9.17) is 5.14 Å². The maximum atomic E-state index is 11.8. The number of nitrogens with two attached hydrogens (primary N) is 1. The largest absolute Gasteiger partial charge is 0.348 e. The quantitative estimate of drug-likeness (QED) is 0.700. The standard InChI is InChI=1S/C9H16N4O3S/c1-4-5(2)11-9(14)7-8(17(10,15)16)6(3)12-13-7/h5H,4H2,1-3H3,(H,11,14)(H,12,13)(H2,10,15,16). The minimum absolute atomic E-state index is 0.0622. The Bertz CT molecular complexity index is 520. The lowest BCUT2D eigenvalue weighted by Gasteiger charge is -2.10. The summed E-state index contributed by atoms with van der Waals surface area (Å²) in [6, 6.07) is -0.0622. The van der Waals surface area contributed by atoms with Gasteiger partial charge in [0.1, 0.15) is 4.90 Å². The molecule has 0 saturated heterocycles. The molecule has 0 bridgehead atoms. The topological polar surface area (TPSA) is 118 Å². The van der Waals surface area contributed by atoms with Crippen LogP contribution in [-0.4, -0.2) is 30.6 Å². The first-order valence-electron chi connectivity index (χ1n) is 5.16. The Kier molecular flexibility index (Phi) is 3.89. The van der Waals surface area contributed by atoms with E-state index in [1.165, 1.54) is 6.92 Å². The Labute approximate surface area is 99.8 Å². The van der Waals surface area contributed by atoms with Gasteiger partial charge in [-0.2, -0.15) is 5.10 Å². The lowest BCUT2D eigenvalue weighted by molar-refractivity contribution is 0.0931. The van der Waals surface area contributed by atoms with Gasteiger partial charge in [0.15, 0.2) is 5.69 Å². The number of nitrogens with zero attached hydrogens (tertiary/aromatic N) is 1. The van der Waals surface area contributed by atoms with Gasteiger partial charge in [-0.15, -0.1) is 0 Å². The number of hydrogen-bond donors (Lipinski definition) is 3. The zero-order valence-electron chi connectivity index (χ0n) is 9.94. The normalized spacial score (nSPS) is 13.4. The van der Waals surface area contributed by atoms with Gasteiger partial charge in [-0.3, -0.25) is 9.89 Å². The molecule has 1 rings (SSSR count). The van der Waals surface area contributed by atoms with Crippen LogP contribution in [0.2, 0.25) is 0 Å². The van der Waals surface area contributed by atoms with E-state index in [1.54, 1.807) is 0 Å². The number of H-pyrrole nitrogens is 1. The molecule has 4 N–H and O–H groups in total. The number of hydrogen-bond acceptors (Lipinski definition) is 4. The molecule has 0 fully saturated rings. The molecule has 17 heavy (non-hydrogen) atoms. The fourth-order valence-electron chi connectivity index (χ4n) is 1.32. The van der Waals surface area contributed by atoms with E-state index >= 15 is 0 Å². The zero-order chi connectivity index (χ0) is 13.2. The van der Waals surface area contributed by atoms with Gasteiger partial charge in [-0.05, 0) is 20.3 Å². The average Bonchev–Trinajstić information content (AvgIpc) is 2.59. The number of carbonyl (C=O) groups is 1. The minimum atomic E-state index is -3.96. The summed E-state index contributed by atoms with van der Waals surface area (Å²) < 4.78 is 22.7. The molecule has 1 heterocycles. The number of aromatic amines is 1. The molecule has 0 aliphatic carbocycles. The van der Waals surface area contributed by atoms with Crippen LogP contribution in [0.15, 0.2) is 4.90 Å². The first kappa shape index (κ1) is 13.7. The molecular formula is C9H16N4O3S. The number of carbonyl (C=O) groups excluding carboxylic acids is 1. The predicted octanol–water partition coefficient (Wildman–Crippen LogP) is -0.106. The maximum absolute atomic E-state index is 11.8. The Hall–Kier alpha value is -1.41. The highest BCUT2D eigenvalue weighted by Crippen LogP contribution is 2.15. The van der Waals surface area contributed by atoms with Crippen molar-refractivity contribution >= 4 is 15.9 Å². The van der Waals surface area contributed by atoms with E-state index in [1.807, 2.05) is 13.8 Å². The second-order valence-corrected chi connectivity index (χ2v) is 5.35. The summed E-state index contributed by atoms with van der Waals surface area (Å²) in [7, 11) is -3.96. The number of sulfonamides is 1. The fourth-order valence-corrected chi connectivity index (χ4v) is 2.20. The lowest BCUT2D eigenvalue weighted by Crippen LogP contribution is -2.33. The molecule has 0 saturated carbocycles. The zero-order valence-corrected chi connectivity index (χ0v) is 10.8. The summed E-state index contributed by atoms with van der Waals surface area (Å²) in [5, 5.41) is 13.8. The molecule has 7 nitrogen and oxygen atoms in total. The molecule has 8 heteroatoms. The van der Waals surface area contributed by atoms with Gasteiger partial charge in [0.2, 0.25) is 10.0 Å². The van der Waals surface area contributed by atoms with E-state index in [2.05, 4.69) is 15.5 Å². The van der Waals surface area contributed by atoms with E-state index in [-0.39, 0.29) is 22.3 Å². The highest BCUT2D eigenvalue weighted by molar-refractivity contribution is 7.89. The van der Waals surface area contributed by atoms with E-state index < -0.39 is 15.9 Å². The van der Waals surface area contributed by atoms with Crippen molar-refractivity contribution in [2.45, 2.75) is 38.1 Å². The smallest absolute Gasteiger partial charge is 0.273 e. The molecule has 0 radical (unpaired) electrons. The predicted molar refractivity (Wildman–Crippen MR) is 61.9 cm³/mol. The van der Waals surface area contributed by atoms with Crippen molar-refractivity contribution in [1.82, 2.24) is 15.5 Å². The van der Waals surface area contributed by atoms with Crippen molar-refractivity contribution in [3.8, 4) is 0 Å². The van der Waals surface area contributed by atoms with Crippen molar-refractivity contribution in [1.29, 1.82) is 0 Å². The number of nitrogens with one attached hydrogen (secondary N) is 2. The van der Waals surface area contributed by atoms with Crippen LogP contribution < -0.4 is 10.5 Å². The molecule has 1 amide bonds. The molecular weight excluding hydrogens is 244 g/mol. The first-order chi connectivity index (χ1) is 7.77. The number of aryl methyl sites for hydroxylation is 1. The van der Waals surface area contributed by atoms with Gasteiger partial charge in [0.25, 0.3) is 5.91 Å². The molecule has 0 spiro atoms. The van der Waals surface area contributed by atoms with Crippen molar-refractivity contribution < 1.29 is 13.2 Å². The summed E-state index contributed by atoms with van der Waals surface area (Å²) in [6.07, 6.45) is 0.736. The third-order valence-corrected chi connectivity index (χ3v) is 3.45. The highest BCUT2D eigenvalue weighted by atomic mass is 32.2. The Morgan fingerprint density at radius 1 is 1.59 bits per heavy atom. The number of amides is 1. The molecule has 0 aliphatic heterocycles.